The lowest BCUT2D eigenvalue weighted by Gasteiger charge is -2.45. The molecular weight excluding hydrogens is 507 g/mol. The second-order valence-corrected chi connectivity index (χ2v) is 10.4. The number of aryl methyl sites for hydroxylation is 1. The predicted octanol–water partition coefficient (Wildman–Crippen LogP) is 5.99. The van der Waals surface area contributed by atoms with Crippen LogP contribution in [0.5, 0.6) is 0 Å². The minimum atomic E-state index is -5.73. The molecule has 0 radical (unpaired) electrons. The zero-order valence-corrected chi connectivity index (χ0v) is 20.7. The third-order valence-corrected chi connectivity index (χ3v) is 7.79. The van der Waals surface area contributed by atoms with Crippen LogP contribution in [0.3, 0.4) is 0 Å². The molecule has 1 aromatic rings. The Kier molecular flexibility index (Phi) is 7.88. The number of amides is 1. The zero-order chi connectivity index (χ0) is 27.0. The van der Waals surface area contributed by atoms with Crippen LogP contribution in [0.4, 0.5) is 41.2 Å². The lowest BCUT2D eigenvalue weighted by Crippen LogP contribution is -2.54. The molecule has 12 heteroatoms. The molecule has 3 aliphatic heterocycles. The van der Waals surface area contributed by atoms with Crippen molar-refractivity contribution in [1.82, 2.24) is 9.80 Å². The van der Waals surface area contributed by atoms with Gasteiger partial charge in [0.1, 0.15) is 6.17 Å². The number of rotatable bonds is 4. The lowest BCUT2D eigenvalue weighted by atomic mass is 9.85. The summed E-state index contributed by atoms with van der Waals surface area (Å²) in [6, 6.07) is 6.29. The number of ether oxygens (including phenoxy) is 1. The largest absolute Gasteiger partial charge is 0.434 e. The maximum Gasteiger partial charge on any atom is 0.434 e. The average Bonchev–Trinajstić information content (AvgIpc) is 3.17. The van der Waals surface area contributed by atoms with E-state index in [1.54, 1.807) is 0 Å². The first-order valence-corrected chi connectivity index (χ1v) is 12.6. The minimum Gasteiger partial charge on any atom is -0.426 e. The fraction of sp³-hybridized carbons (Fsp3) is 0.720. The van der Waals surface area contributed by atoms with Crippen molar-refractivity contribution in [2.45, 2.75) is 82.2 Å². The fourth-order valence-electron chi connectivity index (χ4n) is 5.85. The molecule has 0 saturated carbocycles. The number of nitrogens with zero attached hydrogens (tertiary/aromatic N) is 3. The Hall–Kier alpha value is -2.24. The average molecular weight is 540 g/mol. The molecule has 0 unspecified atom stereocenters. The van der Waals surface area contributed by atoms with Crippen LogP contribution in [-0.2, 0) is 11.3 Å². The number of alkyl halides is 7. The molecule has 3 fully saturated rings. The van der Waals surface area contributed by atoms with Gasteiger partial charge in [0, 0.05) is 44.0 Å². The lowest BCUT2D eigenvalue weighted by molar-refractivity contribution is -0.308. The maximum atomic E-state index is 13.6. The van der Waals surface area contributed by atoms with Gasteiger partial charge in [-0.25, -0.2) is 9.18 Å². The van der Waals surface area contributed by atoms with Gasteiger partial charge in [0.15, 0.2) is 0 Å². The SMILES string of the molecule is Cc1cc(CN2CCCC23CCN(C(=O)OC(C(F)(F)F)C(F)(F)F)CC3)cc(N2CCC(F)CC2)c1. The maximum absolute atomic E-state index is 13.6. The summed E-state index contributed by atoms with van der Waals surface area (Å²) in [5.41, 5.74) is 2.96. The van der Waals surface area contributed by atoms with Crippen LogP contribution in [0.25, 0.3) is 0 Å². The normalized spacial score (nSPS) is 21.8. The van der Waals surface area contributed by atoms with Crippen LogP contribution >= 0.6 is 0 Å². The van der Waals surface area contributed by atoms with Gasteiger partial charge in [-0.05, 0) is 75.3 Å². The highest BCUT2D eigenvalue weighted by atomic mass is 19.4. The third kappa shape index (κ3) is 6.43. The fourth-order valence-corrected chi connectivity index (χ4v) is 5.85. The van der Waals surface area contributed by atoms with Crippen molar-refractivity contribution in [3.63, 3.8) is 0 Å². The topological polar surface area (TPSA) is 36.0 Å². The Labute approximate surface area is 211 Å². The summed E-state index contributed by atoms with van der Waals surface area (Å²) in [4.78, 5) is 17.6. The Morgan fingerprint density at radius 2 is 1.59 bits per heavy atom. The first-order valence-electron chi connectivity index (χ1n) is 12.6. The predicted molar refractivity (Wildman–Crippen MR) is 123 cm³/mol. The minimum absolute atomic E-state index is 0.0228. The molecule has 3 saturated heterocycles. The van der Waals surface area contributed by atoms with Gasteiger partial charge in [-0.2, -0.15) is 26.3 Å². The molecule has 0 aliphatic carbocycles. The highest BCUT2D eigenvalue weighted by Gasteiger charge is 2.60. The van der Waals surface area contributed by atoms with Gasteiger partial charge < -0.3 is 14.5 Å². The van der Waals surface area contributed by atoms with E-state index in [1.807, 2.05) is 6.92 Å². The molecule has 0 aromatic heterocycles. The number of hydrogen-bond donors (Lipinski definition) is 0. The van der Waals surface area contributed by atoms with Crippen molar-refractivity contribution in [1.29, 1.82) is 0 Å². The number of benzene rings is 1. The summed E-state index contributed by atoms with van der Waals surface area (Å²) in [5.74, 6) is 0. The molecule has 4 rings (SSSR count). The third-order valence-electron chi connectivity index (χ3n) is 7.79. The van der Waals surface area contributed by atoms with E-state index in [0.29, 0.717) is 45.3 Å². The molecule has 1 amide bonds. The van der Waals surface area contributed by atoms with E-state index in [9.17, 15) is 35.5 Å². The molecule has 37 heavy (non-hydrogen) atoms. The molecule has 0 bridgehead atoms. The van der Waals surface area contributed by atoms with Crippen molar-refractivity contribution < 1.29 is 40.3 Å². The number of likely N-dealkylation sites (tertiary alicyclic amines) is 2. The van der Waals surface area contributed by atoms with E-state index in [-0.39, 0.29) is 18.6 Å². The Balaban J connectivity index is 1.39. The summed E-state index contributed by atoms with van der Waals surface area (Å²) in [7, 11) is 0. The van der Waals surface area contributed by atoms with Crippen molar-refractivity contribution in [2.75, 3.05) is 37.6 Å². The number of hydrogen-bond acceptors (Lipinski definition) is 4. The number of carbonyl (C=O) groups is 1. The summed E-state index contributed by atoms with van der Waals surface area (Å²) in [6.45, 7) is 4.83. The first kappa shape index (κ1) is 27.8. The molecule has 3 aliphatic rings. The zero-order valence-electron chi connectivity index (χ0n) is 20.7. The van der Waals surface area contributed by atoms with Crippen LogP contribution < -0.4 is 4.90 Å². The van der Waals surface area contributed by atoms with Crippen LogP contribution in [0.15, 0.2) is 18.2 Å². The smallest absolute Gasteiger partial charge is 0.426 e. The molecule has 1 aromatic carbocycles. The summed E-state index contributed by atoms with van der Waals surface area (Å²) in [6.07, 6.45) is -14.3. The van der Waals surface area contributed by atoms with Gasteiger partial charge in [-0.1, -0.05) is 6.07 Å². The van der Waals surface area contributed by atoms with E-state index in [1.165, 1.54) is 0 Å². The van der Waals surface area contributed by atoms with Crippen molar-refractivity contribution >= 4 is 11.8 Å². The van der Waals surface area contributed by atoms with E-state index < -0.39 is 30.7 Å². The quantitative estimate of drug-likeness (QED) is 0.441. The summed E-state index contributed by atoms with van der Waals surface area (Å²) in [5, 5.41) is 0. The van der Waals surface area contributed by atoms with Crippen LogP contribution in [0, 0.1) is 6.92 Å². The molecule has 0 N–H and O–H groups in total. The van der Waals surface area contributed by atoms with Crippen LogP contribution in [-0.4, -0.2) is 78.8 Å². The molecule has 0 atom stereocenters. The highest BCUT2D eigenvalue weighted by Crippen LogP contribution is 2.41. The molecule has 208 valence electrons. The monoisotopic (exact) mass is 539 g/mol. The number of halogens is 7. The van der Waals surface area contributed by atoms with E-state index in [2.05, 4.69) is 32.7 Å². The van der Waals surface area contributed by atoms with Crippen molar-refractivity contribution in [2.24, 2.45) is 0 Å². The van der Waals surface area contributed by atoms with Gasteiger partial charge >= 0.3 is 18.4 Å². The van der Waals surface area contributed by atoms with Gasteiger partial charge in [-0.15, -0.1) is 0 Å². The number of carbonyl (C=O) groups excluding carboxylic acids is 1. The number of piperidine rings is 2. The van der Waals surface area contributed by atoms with Crippen molar-refractivity contribution in [3.05, 3.63) is 29.3 Å². The molecule has 5 nitrogen and oxygen atoms in total. The summed E-state index contributed by atoms with van der Waals surface area (Å²) < 4.78 is 94.2. The Bertz CT molecular complexity index is 939. The van der Waals surface area contributed by atoms with E-state index in [0.717, 1.165) is 41.1 Å². The molecule has 3 heterocycles. The number of anilines is 1. The van der Waals surface area contributed by atoms with E-state index >= 15 is 0 Å². The van der Waals surface area contributed by atoms with Crippen LogP contribution in [0.1, 0.15) is 49.7 Å². The Morgan fingerprint density at radius 1 is 0.973 bits per heavy atom. The molecular formula is C25H32F7N3O2. The van der Waals surface area contributed by atoms with Gasteiger partial charge in [0.2, 0.25) is 0 Å². The van der Waals surface area contributed by atoms with E-state index in [4.69, 9.17) is 0 Å². The van der Waals surface area contributed by atoms with Crippen LogP contribution in [0.2, 0.25) is 0 Å². The Morgan fingerprint density at radius 3 is 2.19 bits per heavy atom. The summed E-state index contributed by atoms with van der Waals surface area (Å²) >= 11 is 0. The van der Waals surface area contributed by atoms with Gasteiger partial charge in [-0.3, -0.25) is 4.90 Å². The highest BCUT2D eigenvalue weighted by molar-refractivity contribution is 5.68. The van der Waals surface area contributed by atoms with Crippen molar-refractivity contribution in [3.8, 4) is 0 Å². The molecule has 1 spiro atoms. The standard InChI is InChI=1S/C25H32F7N3O2/c1-17-13-18(15-20(14-17)33-9-3-19(26)4-10-33)16-35-8-2-5-23(35)6-11-34(12-7-23)22(36)37-21(24(27,28)29)25(30,31)32/h13-15,19,21H,2-12,16H2,1H3. The second-order valence-electron chi connectivity index (χ2n) is 10.4. The second kappa shape index (κ2) is 10.5. The van der Waals surface area contributed by atoms with Gasteiger partial charge in [0.05, 0.1) is 0 Å². The van der Waals surface area contributed by atoms with Gasteiger partial charge in [0.25, 0.3) is 6.10 Å². The first-order chi connectivity index (χ1) is 17.3.